The van der Waals surface area contributed by atoms with E-state index in [0.29, 0.717) is 5.56 Å². The minimum atomic E-state index is -1.24. The summed E-state index contributed by atoms with van der Waals surface area (Å²) in [5.74, 6) is -1.69. The highest BCUT2D eigenvalue weighted by Gasteiger charge is 2.18. The Morgan fingerprint density at radius 2 is 2.00 bits per heavy atom. The molecule has 6 nitrogen and oxygen atoms in total. The first kappa shape index (κ1) is 14.9. The summed E-state index contributed by atoms with van der Waals surface area (Å²) < 4.78 is 13.3. The highest BCUT2D eigenvalue weighted by molar-refractivity contribution is 5.82. The number of aliphatic hydroxyl groups excluding tert-OH is 1. The molecule has 0 radical (unpaired) electrons. The van der Waals surface area contributed by atoms with Crippen molar-refractivity contribution in [2.45, 2.75) is 19.0 Å². The van der Waals surface area contributed by atoms with E-state index in [2.05, 4.69) is 10.6 Å². The number of benzene rings is 1. The molecule has 4 N–H and O–H groups in total. The van der Waals surface area contributed by atoms with Crippen molar-refractivity contribution in [1.82, 2.24) is 10.6 Å². The fraction of sp³-hybridized carbons (Fsp3) is 0.333. The van der Waals surface area contributed by atoms with E-state index in [0.717, 1.165) is 0 Å². The van der Waals surface area contributed by atoms with Crippen LogP contribution in [0.3, 0.4) is 0 Å². The lowest BCUT2D eigenvalue weighted by atomic mass is 10.2. The van der Waals surface area contributed by atoms with Gasteiger partial charge in [0.25, 0.3) is 0 Å². The summed E-state index contributed by atoms with van der Waals surface area (Å²) in [5, 5.41) is 22.0. The third-order valence-electron chi connectivity index (χ3n) is 2.42. The van der Waals surface area contributed by atoms with Gasteiger partial charge in [-0.3, -0.25) is 0 Å². The van der Waals surface area contributed by atoms with Gasteiger partial charge in [-0.25, -0.2) is 14.0 Å². The van der Waals surface area contributed by atoms with Crippen LogP contribution in [-0.2, 0) is 11.3 Å². The standard InChI is InChI=1S/C12H15FN2O4/c13-9-4-2-1-3-8(9)7-14-12(19)15-10(5-6-16)11(17)18/h1-4,10,16H,5-7H2,(H,17,18)(H2,14,15,19)/t10-/m0/s1. The van der Waals surface area contributed by atoms with Crippen LogP contribution in [0.2, 0.25) is 0 Å². The number of aliphatic hydroxyl groups is 1. The van der Waals surface area contributed by atoms with Crippen LogP contribution in [0.5, 0.6) is 0 Å². The summed E-state index contributed by atoms with van der Waals surface area (Å²) in [6.07, 6.45) is -0.0948. The molecule has 0 saturated heterocycles. The van der Waals surface area contributed by atoms with Crippen LogP contribution in [0, 0.1) is 5.82 Å². The molecule has 0 fully saturated rings. The number of hydrogen-bond acceptors (Lipinski definition) is 3. The monoisotopic (exact) mass is 270 g/mol. The molecule has 104 valence electrons. The van der Waals surface area contributed by atoms with Crippen molar-refractivity contribution in [3.05, 3.63) is 35.6 Å². The van der Waals surface area contributed by atoms with Gasteiger partial charge in [-0.2, -0.15) is 0 Å². The fourth-order valence-electron chi connectivity index (χ4n) is 1.41. The maximum Gasteiger partial charge on any atom is 0.326 e. The third kappa shape index (κ3) is 4.92. The van der Waals surface area contributed by atoms with Gasteiger partial charge in [0.15, 0.2) is 0 Å². The summed E-state index contributed by atoms with van der Waals surface area (Å²) >= 11 is 0. The predicted octanol–water partition coefficient (Wildman–Crippen LogP) is 0.460. The summed E-state index contributed by atoms with van der Waals surface area (Å²) in [7, 11) is 0. The molecule has 0 unspecified atom stereocenters. The lowest BCUT2D eigenvalue weighted by Gasteiger charge is -2.14. The van der Waals surface area contributed by atoms with Crippen molar-refractivity contribution in [2.24, 2.45) is 0 Å². The summed E-state index contributed by atoms with van der Waals surface area (Å²) in [4.78, 5) is 22.2. The largest absolute Gasteiger partial charge is 0.480 e. The number of hydrogen-bond donors (Lipinski definition) is 4. The van der Waals surface area contributed by atoms with E-state index in [1.165, 1.54) is 18.2 Å². The second-order valence-electron chi connectivity index (χ2n) is 3.82. The Labute approximate surface area is 109 Å². The van der Waals surface area contributed by atoms with Crippen LogP contribution in [0.15, 0.2) is 24.3 Å². The molecule has 1 aromatic carbocycles. The van der Waals surface area contributed by atoms with Gasteiger partial charge in [0, 0.05) is 25.1 Å². The molecule has 1 aromatic rings. The number of nitrogens with one attached hydrogen (secondary N) is 2. The predicted molar refractivity (Wildman–Crippen MR) is 64.9 cm³/mol. The van der Waals surface area contributed by atoms with Crippen molar-refractivity contribution >= 4 is 12.0 Å². The third-order valence-corrected chi connectivity index (χ3v) is 2.42. The summed E-state index contributed by atoms with van der Waals surface area (Å²) in [6, 6.07) is 4.03. The van der Waals surface area contributed by atoms with Gasteiger partial charge in [0.05, 0.1) is 0 Å². The van der Waals surface area contributed by atoms with E-state index in [-0.39, 0.29) is 19.6 Å². The van der Waals surface area contributed by atoms with Crippen LogP contribution in [0.4, 0.5) is 9.18 Å². The Morgan fingerprint density at radius 1 is 1.32 bits per heavy atom. The Bertz CT molecular complexity index is 453. The molecule has 0 bridgehead atoms. The smallest absolute Gasteiger partial charge is 0.326 e. The molecule has 0 aliphatic rings. The first-order valence-electron chi connectivity index (χ1n) is 5.66. The Balaban J connectivity index is 2.47. The second kappa shape index (κ2) is 7.32. The quantitative estimate of drug-likeness (QED) is 0.603. The Kier molecular flexibility index (Phi) is 5.74. The van der Waals surface area contributed by atoms with Gasteiger partial charge in [0.1, 0.15) is 11.9 Å². The minimum Gasteiger partial charge on any atom is -0.480 e. The maximum absolute atomic E-state index is 13.3. The number of carbonyl (C=O) groups is 2. The van der Waals surface area contributed by atoms with E-state index in [1.807, 2.05) is 0 Å². The number of rotatable bonds is 6. The summed E-state index contributed by atoms with van der Waals surface area (Å²) in [6.45, 7) is -0.408. The van der Waals surface area contributed by atoms with Crippen LogP contribution in [-0.4, -0.2) is 34.9 Å². The van der Waals surface area contributed by atoms with Crippen LogP contribution in [0.1, 0.15) is 12.0 Å². The van der Waals surface area contributed by atoms with Gasteiger partial charge < -0.3 is 20.8 Å². The lowest BCUT2D eigenvalue weighted by molar-refractivity contribution is -0.139. The average molecular weight is 270 g/mol. The number of aliphatic carboxylic acids is 1. The second-order valence-corrected chi connectivity index (χ2v) is 3.82. The van der Waals surface area contributed by atoms with E-state index < -0.39 is 23.9 Å². The number of halogens is 1. The zero-order valence-electron chi connectivity index (χ0n) is 10.1. The summed E-state index contributed by atoms with van der Waals surface area (Å²) in [5.41, 5.74) is 0.298. The van der Waals surface area contributed by atoms with E-state index >= 15 is 0 Å². The van der Waals surface area contributed by atoms with Crippen LogP contribution in [0.25, 0.3) is 0 Å². The fourth-order valence-corrected chi connectivity index (χ4v) is 1.41. The molecule has 2 amide bonds. The average Bonchev–Trinajstić information content (AvgIpc) is 2.37. The normalized spacial score (nSPS) is 11.7. The van der Waals surface area contributed by atoms with E-state index in [4.69, 9.17) is 10.2 Å². The highest BCUT2D eigenvalue weighted by atomic mass is 19.1. The number of carbonyl (C=O) groups excluding carboxylic acids is 1. The number of carboxylic acid groups (broad SMARTS) is 1. The molecule has 0 heterocycles. The van der Waals surface area contributed by atoms with Crippen molar-refractivity contribution in [3.63, 3.8) is 0 Å². The minimum absolute atomic E-state index is 0.0516. The molecule has 0 aromatic heterocycles. The van der Waals surface area contributed by atoms with Gasteiger partial charge in [0.2, 0.25) is 0 Å². The molecule has 0 saturated carbocycles. The van der Waals surface area contributed by atoms with Crippen molar-refractivity contribution in [1.29, 1.82) is 0 Å². The van der Waals surface area contributed by atoms with E-state index in [9.17, 15) is 14.0 Å². The van der Waals surface area contributed by atoms with Gasteiger partial charge >= 0.3 is 12.0 Å². The first-order valence-corrected chi connectivity index (χ1v) is 5.66. The van der Waals surface area contributed by atoms with Gasteiger partial charge in [-0.05, 0) is 6.07 Å². The SMILES string of the molecule is O=C(NCc1ccccc1F)N[C@@H](CCO)C(=O)O. The topological polar surface area (TPSA) is 98.7 Å². The van der Waals surface area contributed by atoms with Gasteiger partial charge in [-0.15, -0.1) is 0 Å². The number of amides is 2. The highest BCUT2D eigenvalue weighted by Crippen LogP contribution is 2.05. The molecule has 0 spiro atoms. The van der Waals surface area contributed by atoms with E-state index in [1.54, 1.807) is 6.07 Å². The van der Waals surface area contributed by atoms with Gasteiger partial charge in [-0.1, -0.05) is 18.2 Å². The maximum atomic E-state index is 13.3. The van der Waals surface area contributed by atoms with Crippen molar-refractivity contribution in [3.8, 4) is 0 Å². The molecular formula is C12H15FN2O4. The molecule has 0 aliphatic heterocycles. The number of urea groups is 1. The molecule has 7 heteroatoms. The van der Waals surface area contributed by atoms with Crippen LogP contribution >= 0.6 is 0 Å². The molecule has 0 aliphatic carbocycles. The Hall–Kier alpha value is -2.15. The molecule has 19 heavy (non-hydrogen) atoms. The van der Waals surface area contributed by atoms with Crippen LogP contribution < -0.4 is 10.6 Å². The van der Waals surface area contributed by atoms with Crippen molar-refractivity contribution in [2.75, 3.05) is 6.61 Å². The molecule has 1 atom stereocenters. The molecule has 1 rings (SSSR count). The van der Waals surface area contributed by atoms with Crippen molar-refractivity contribution < 1.29 is 24.2 Å². The first-order chi connectivity index (χ1) is 9.04. The zero-order chi connectivity index (χ0) is 14.3. The lowest BCUT2D eigenvalue weighted by Crippen LogP contribution is -2.46. The zero-order valence-corrected chi connectivity index (χ0v) is 10.1. The number of carboxylic acids is 1. The Morgan fingerprint density at radius 3 is 2.58 bits per heavy atom. The molecular weight excluding hydrogens is 255 g/mol.